The Morgan fingerprint density at radius 3 is 2.42 bits per heavy atom. The van der Waals surface area contributed by atoms with Gasteiger partial charge in [-0.05, 0) is 24.6 Å². The Kier molecular flexibility index (Phi) is 5.38. The summed E-state index contributed by atoms with van der Waals surface area (Å²) in [5, 5.41) is 2.98. The van der Waals surface area contributed by atoms with E-state index in [9.17, 15) is 18.0 Å². The van der Waals surface area contributed by atoms with Gasteiger partial charge in [-0.2, -0.15) is 13.2 Å². The molecule has 2 aromatic rings. The van der Waals surface area contributed by atoms with Crippen molar-refractivity contribution in [2.45, 2.75) is 25.9 Å². The Morgan fingerprint density at radius 2 is 1.88 bits per heavy atom. The van der Waals surface area contributed by atoms with Crippen molar-refractivity contribution >= 4 is 11.9 Å². The predicted octanol–water partition coefficient (Wildman–Crippen LogP) is 3.47. The van der Waals surface area contributed by atoms with E-state index < -0.39 is 17.6 Å². The monoisotopic (exact) mass is 338 g/mol. The number of primary amides is 1. The molecule has 2 rings (SSSR count). The first-order chi connectivity index (χ1) is 11.3. The van der Waals surface area contributed by atoms with Crippen molar-refractivity contribution in [1.82, 2.24) is 9.97 Å². The van der Waals surface area contributed by atoms with Gasteiger partial charge in [-0.25, -0.2) is 9.97 Å². The summed E-state index contributed by atoms with van der Waals surface area (Å²) in [6.45, 7) is 2.64. The van der Waals surface area contributed by atoms with Crippen LogP contribution in [0.4, 0.5) is 19.1 Å². The predicted molar refractivity (Wildman–Crippen MR) is 84.4 cm³/mol. The number of hydrogen-bond acceptors (Lipinski definition) is 4. The van der Waals surface area contributed by atoms with E-state index in [1.807, 2.05) is 6.92 Å². The zero-order valence-electron chi connectivity index (χ0n) is 13.0. The molecule has 0 saturated carbocycles. The van der Waals surface area contributed by atoms with Gasteiger partial charge in [0, 0.05) is 12.1 Å². The molecule has 0 saturated heterocycles. The Labute approximate surface area is 137 Å². The molecule has 24 heavy (non-hydrogen) atoms. The summed E-state index contributed by atoms with van der Waals surface area (Å²) in [5.41, 5.74) is 5.27. The summed E-state index contributed by atoms with van der Waals surface area (Å²) in [4.78, 5) is 19.7. The van der Waals surface area contributed by atoms with E-state index in [0.717, 1.165) is 25.0 Å². The topological polar surface area (TPSA) is 80.9 Å². The molecule has 0 aliphatic heterocycles. The molecule has 0 aliphatic carbocycles. The van der Waals surface area contributed by atoms with Crippen LogP contribution in [0.25, 0.3) is 11.3 Å². The summed E-state index contributed by atoms with van der Waals surface area (Å²) in [6.07, 6.45) is -2.55. The molecule has 1 amide bonds. The van der Waals surface area contributed by atoms with Gasteiger partial charge < -0.3 is 11.1 Å². The van der Waals surface area contributed by atoms with E-state index in [-0.39, 0.29) is 11.6 Å². The van der Waals surface area contributed by atoms with Crippen molar-refractivity contribution in [3.63, 3.8) is 0 Å². The van der Waals surface area contributed by atoms with Gasteiger partial charge in [0.25, 0.3) is 5.91 Å². The van der Waals surface area contributed by atoms with Gasteiger partial charge in [-0.3, -0.25) is 4.79 Å². The van der Waals surface area contributed by atoms with Crippen LogP contribution in [0.2, 0.25) is 0 Å². The van der Waals surface area contributed by atoms with Crippen molar-refractivity contribution in [3.05, 3.63) is 41.6 Å². The number of nitrogens with one attached hydrogen (secondary N) is 1. The fourth-order valence-corrected chi connectivity index (χ4v) is 2.01. The second kappa shape index (κ2) is 7.29. The van der Waals surface area contributed by atoms with Crippen molar-refractivity contribution in [2.24, 2.45) is 5.73 Å². The van der Waals surface area contributed by atoms with Crippen LogP contribution in [0, 0.1) is 0 Å². The summed E-state index contributed by atoms with van der Waals surface area (Å²) in [5.74, 6) is -0.515. The van der Waals surface area contributed by atoms with Crippen molar-refractivity contribution in [1.29, 1.82) is 0 Å². The maximum Gasteiger partial charge on any atom is 0.416 e. The third-order valence-corrected chi connectivity index (χ3v) is 3.30. The molecule has 0 spiro atoms. The SMILES string of the molecule is CCCCNc1nc(C(N)=O)cc(-c2ccc(C(F)(F)F)cc2)n1. The van der Waals surface area contributed by atoms with Crippen molar-refractivity contribution in [2.75, 3.05) is 11.9 Å². The minimum absolute atomic E-state index is 0.00102. The second-order valence-electron chi connectivity index (χ2n) is 5.18. The Morgan fingerprint density at radius 1 is 1.21 bits per heavy atom. The third kappa shape index (κ3) is 4.43. The number of halogens is 3. The van der Waals surface area contributed by atoms with Crippen LogP contribution in [0.3, 0.4) is 0 Å². The number of nitrogens with zero attached hydrogens (tertiary/aromatic N) is 2. The zero-order chi connectivity index (χ0) is 17.7. The van der Waals surface area contributed by atoms with E-state index >= 15 is 0 Å². The molecule has 0 bridgehead atoms. The van der Waals surface area contributed by atoms with Crippen LogP contribution >= 0.6 is 0 Å². The lowest BCUT2D eigenvalue weighted by Crippen LogP contribution is -2.16. The maximum absolute atomic E-state index is 12.6. The number of hydrogen-bond donors (Lipinski definition) is 2. The smallest absolute Gasteiger partial charge is 0.364 e. The molecular formula is C16H17F3N4O. The lowest BCUT2D eigenvalue weighted by atomic mass is 10.1. The van der Waals surface area contributed by atoms with Crippen LogP contribution in [0.5, 0.6) is 0 Å². The summed E-state index contributed by atoms with van der Waals surface area (Å²) in [6, 6.07) is 5.88. The molecule has 0 fully saturated rings. The van der Waals surface area contributed by atoms with Crippen LogP contribution in [-0.4, -0.2) is 22.4 Å². The minimum Gasteiger partial charge on any atom is -0.364 e. The number of unbranched alkanes of at least 4 members (excludes halogenated alkanes) is 1. The van der Waals surface area contributed by atoms with E-state index in [1.165, 1.54) is 18.2 Å². The Balaban J connectivity index is 2.35. The van der Waals surface area contributed by atoms with E-state index in [2.05, 4.69) is 15.3 Å². The molecule has 3 N–H and O–H groups in total. The van der Waals surface area contributed by atoms with Gasteiger partial charge in [0.05, 0.1) is 11.3 Å². The largest absolute Gasteiger partial charge is 0.416 e. The fraction of sp³-hybridized carbons (Fsp3) is 0.312. The molecule has 0 aliphatic rings. The highest BCUT2D eigenvalue weighted by Gasteiger charge is 2.30. The van der Waals surface area contributed by atoms with Crippen LogP contribution in [0.1, 0.15) is 35.8 Å². The van der Waals surface area contributed by atoms with E-state index in [1.54, 1.807) is 0 Å². The van der Waals surface area contributed by atoms with Crippen LogP contribution in [-0.2, 0) is 6.18 Å². The number of nitrogens with two attached hydrogens (primary N) is 1. The summed E-state index contributed by atoms with van der Waals surface area (Å²) < 4.78 is 37.9. The molecular weight excluding hydrogens is 321 g/mol. The molecule has 5 nitrogen and oxygen atoms in total. The molecule has 0 radical (unpaired) electrons. The number of amides is 1. The first kappa shape index (κ1) is 17.7. The van der Waals surface area contributed by atoms with Gasteiger partial charge in [0.2, 0.25) is 5.95 Å². The molecule has 1 heterocycles. The molecule has 1 aromatic heterocycles. The standard InChI is InChI=1S/C16H17F3N4O/c1-2-3-8-21-15-22-12(9-13(23-15)14(20)24)10-4-6-11(7-5-10)16(17,18)19/h4-7,9H,2-3,8H2,1H3,(H2,20,24)(H,21,22,23). The Bertz CT molecular complexity index is 714. The number of alkyl halides is 3. The third-order valence-electron chi connectivity index (χ3n) is 3.30. The van der Waals surface area contributed by atoms with Crippen molar-refractivity contribution in [3.8, 4) is 11.3 Å². The summed E-state index contributed by atoms with van der Waals surface area (Å²) in [7, 11) is 0. The van der Waals surface area contributed by atoms with Crippen LogP contribution in [0.15, 0.2) is 30.3 Å². The lowest BCUT2D eigenvalue weighted by molar-refractivity contribution is -0.137. The molecule has 8 heteroatoms. The van der Waals surface area contributed by atoms with Gasteiger partial charge in [0.1, 0.15) is 5.69 Å². The minimum atomic E-state index is -4.41. The van der Waals surface area contributed by atoms with Crippen molar-refractivity contribution < 1.29 is 18.0 Å². The molecule has 128 valence electrons. The summed E-state index contributed by atoms with van der Waals surface area (Å²) >= 11 is 0. The highest BCUT2D eigenvalue weighted by Crippen LogP contribution is 2.30. The zero-order valence-corrected chi connectivity index (χ0v) is 13.0. The van der Waals surface area contributed by atoms with Gasteiger partial charge in [0.15, 0.2) is 0 Å². The van der Waals surface area contributed by atoms with E-state index in [0.29, 0.717) is 17.8 Å². The Hall–Kier alpha value is -2.64. The molecule has 1 aromatic carbocycles. The number of anilines is 1. The lowest BCUT2D eigenvalue weighted by Gasteiger charge is -2.10. The highest BCUT2D eigenvalue weighted by molar-refractivity contribution is 5.92. The quantitative estimate of drug-likeness (QED) is 0.790. The number of aromatic nitrogens is 2. The van der Waals surface area contributed by atoms with E-state index in [4.69, 9.17) is 5.73 Å². The average Bonchev–Trinajstić information content (AvgIpc) is 2.54. The average molecular weight is 338 g/mol. The first-order valence-corrected chi connectivity index (χ1v) is 7.41. The number of benzene rings is 1. The maximum atomic E-state index is 12.6. The van der Waals surface area contributed by atoms with Gasteiger partial charge in [-0.1, -0.05) is 25.5 Å². The highest BCUT2D eigenvalue weighted by atomic mass is 19.4. The normalized spacial score (nSPS) is 11.3. The fourth-order valence-electron chi connectivity index (χ4n) is 2.01. The first-order valence-electron chi connectivity index (χ1n) is 7.41. The molecule has 0 unspecified atom stereocenters. The van der Waals surface area contributed by atoms with Gasteiger partial charge >= 0.3 is 6.18 Å². The number of carbonyl (C=O) groups excluding carboxylic acids is 1. The second-order valence-corrected chi connectivity index (χ2v) is 5.18. The number of carbonyl (C=O) groups is 1. The molecule has 0 atom stereocenters. The number of rotatable bonds is 6. The van der Waals surface area contributed by atoms with Crippen LogP contribution < -0.4 is 11.1 Å². The van der Waals surface area contributed by atoms with Gasteiger partial charge in [-0.15, -0.1) is 0 Å².